The Labute approximate surface area is 99.3 Å². The van der Waals surface area contributed by atoms with Gasteiger partial charge in [0.1, 0.15) is 0 Å². The third kappa shape index (κ3) is 2.49. The van der Waals surface area contributed by atoms with Crippen LogP contribution in [0.1, 0.15) is 37.6 Å². The van der Waals surface area contributed by atoms with Crippen molar-refractivity contribution < 1.29 is 0 Å². The lowest BCUT2D eigenvalue weighted by Gasteiger charge is -2.33. The van der Waals surface area contributed by atoms with Crippen molar-refractivity contribution in [1.82, 2.24) is 9.47 Å². The molecular formula is C14H24N2. The van der Waals surface area contributed by atoms with E-state index in [9.17, 15) is 0 Å². The monoisotopic (exact) mass is 220 g/mol. The maximum absolute atomic E-state index is 2.64. The molecule has 0 aliphatic carbocycles. The van der Waals surface area contributed by atoms with Crippen molar-refractivity contribution in [2.75, 3.05) is 13.1 Å². The van der Waals surface area contributed by atoms with Crippen LogP contribution in [0.4, 0.5) is 0 Å². The molecule has 1 aliphatic heterocycles. The average molecular weight is 220 g/mol. The zero-order valence-electron chi connectivity index (χ0n) is 10.9. The van der Waals surface area contributed by atoms with Crippen molar-refractivity contribution in [3.05, 3.63) is 23.5 Å². The van der Waals surface area contributed by atoms with Crippen molar-refractivity contribution in [1.29, 1.82) is 0 Å². The topological polar surface area (TPSA) is 8.17 Å². The summed E-state index contributed by atoms with van der Waals surface area (Å²) >= 11 is 0. The molecule has 0 amide bonds. The first-order valence-electron chi connectivity index (χ1n) is 6.55. The summed E-state index contributed by atoms with van der Waals surface area (Å²) in [6.45, 7) is 10.5. The van der Waals surface area contributed by atoms with Gasteiger partial charge in [-0.2, -0.15) is 0 Å². The van der Waals surface area contributed by atoms with Gasteiger partial charge in [-0.05, 0) is 58.8 Å². The lowest BCUT2D eigenvalue weighted by Crippen LogP contribution is -2.40. The van der Waals surface area contributed by atoms with Crippen molar-refractivity contribution in [3.63, 3.8) is 0 Å². The summed E-state index contributed by atoms with van der Waals surface area (Å²) in [5, 5.41) is 0. The van der Waals surface area contributed by atoms with Crippen LogP contribution in [0, 0.1) is 13.8 Å². The highest BCUT2D eigenvalue weighted by Crippen LogP contribution is 2.15. The van der Waals surface area contributed by atoms with E-state index >= 15 is 0 Å². The number of rotatable bonds is 3. The zero-order valence-corrected chi connectivity index (χ0v) is 10.9. The predicted octanol–water partition coefficient (Wildman–Crippen LogP) is 2.98. The van der Waals surface area contributed by atoms with E-state index in [0.717, 1.165) is 6.54 Å². The fourth-order valence-electron chi connectivity index (χ4n) is 2.73. The molecule has 0 aromatic carbocycles. The molecule has 1 fully saturated rings. The molecular weight excluding hydrogens is 196 g/mol. The van der Waals surface area contributed by atoms with Crippen LogP contribution in [0.2, 0.25) is 0 Å². The van der Waals surface area contributed by atoms with E-state index in [4.69, 9.17) is 0 Å². The predicted molar refractivity (Wildman–Crippen MR) is 68.8 cm³/mol. The van der Waals surface area contributed by atoms with Gasteiger partial charge in [0.05, 0.1) is 0 Å². The Morgan fingerprint density at radius 3 is 2.19 bits per heavy atom. The number of likely N-dealkylation sites (tertiary alicyclic amines) is 1. The molecule has 2 heteroatoms. The summed E-state index contributed by atoms with van der Waals surface area (Å²) in [7, 11) is 0. The molecule has 1 aliphatic rings. The minimum atomic E-state index is 0.671. The van der Waals surface area contributed by atoms with Gasteiger partial charge in [-0.25, -0.2) is 0 Å². The van der Waals surface area contributed by atoms with Crippen LogP contribution in [-0.4, -0.2) is 28.6 Å². The number of nitrogens with zero attached hydrogens (tertiary/aromatic N) is 2. The molecule has 1 saturated heterocycles. The molecule has 1 unspecified atom stereocenters. The molecule has 2 heterocycles. The Bertz CT molecular complexity index is 315. The second kappa shape index (κ2) is 5.05. The summed E-state index contributed by atoms with van der Waals surface area (Å²) in [5.41, 5.74) is 2.78. The average Bonchev–Trinajstić information content (AvgIpc) is 2.62. The maximum Gasteiger partial charge on any atom is 0.0378 e. The molecule has 16 heavy (non-hydrogen) atoms. The highest BCUT2D eigenvalue weighted by molar-refractivity contribution is 5.13. The van der Waals surface area contributed by atoms with E-state index in [0.29, 0.717) is 6.04 Å². The van der Waals surface area contributed by atoms with Gasteiger partial charge in [0.2, 0.25) is 0 Å². The maximum atomic E-state index is 2.64. The number of hydrogen-bond donors (Lipinski definition) is 0. The minimum absolute atomic E-state index is 0.671. The highest BCUT2D eigenvalue weighted by Gasteiger charge is 2.17. The Balaban J connectivity index is 1.98. The normalized spacial score (nSPS) is 19.9. The summed E-state index contributed by atoms with van der Waals surface area (Å²) in [6.07, 6.45) is 4.19. The van der Waals surface area contributed by atoms with Gasteiger partial charge in [-0.3, -0.25) is 4.90 Å². The van der Waals surface area contributed by atoms with Crippen molar-refractivity contribution in [2.24, 2.45) is 0 Å². The second-order valence-corrected chi connectivity index (χ2v) is 5.17. The van der Waals surface area contributed by atoms with Gasteiger partial charge in [-0.15, -0.1) is 0 Å². The van der Waals surface area contributed by atoms with Crippen LogP contribution in [0.15, 0.2) is 12.1 Å². The van der Waals surface area contributed by atoms with Gasteiger partial charge in [0.15, 0.2) is 0 Å². The summed E-state index contributed by atoms with van der Waals surface area (Å²) in [6, 6.07) is 5.11. The van der Waals surface area contributed by atoms with Crippen LogP contribution >= 0.6 is 0 Å². The summed E-state index contributed by atoms with van der Waals surface area (Å²) in [5.74, 6) is 0. The number of aryl methyl sites for hydroxylation is 2. The Kier molecular flexibility index (Phi) is 3.70. The lowest BCUT2D eigenvalue weighted by molar-refractivity contribution is 0.159. The third-order valence-electron chi connectivity index (χ3n) is 3.88. The molecule has 2 nitrogen and oxygen atoms in total. The molecule has 0 N–H and O–H groups in total. The fourth-order valence-corrected chi connectivity index (χ4v) is 2.73. The molecule has 0 radical (unpaired) electrons. The van der Waals surface area contributed by atoms with E-state index in [1.165, 1.54) is 43.7 Å². The fraction of sp³-hybridized carbons (Fsp3) is 0.714. The molecule has 0 saturated carbocycles. The zero-order chi connectivity index (χ0) is 11.5. The Morgan fingerprint density at radius 2 is 1.62 bits per heavy atom. The smallest absolute Gasteiger partial charge is 0.0378 e. The van der Waals surface area contributed by atoms with Crippen LogP contribution in [0.5, 0.6) is 0 Å². The van der Waals surface area contributed by atoms with E-state index in [1.807, 2.05) is 0 Å². The molecule has 0 spiro atoms. The molecule has 1 aromatic heterocycles. The third-order valence-corrected chi connectivity index (χ3v) is 3.88. The van der Waals surface area contributed by atoms with E-state index in [-0.39, 0.29) is 0 Å². The Hall–Kier alpha value is -0.760. The minimum Gasteiger partial charge on any atom is -0.348 e. The molecule has 90 valence electrons. The molecule has 2 rings (SSSR count). The molecule has 1 atom stereocenters. The quantitative estimate of drug-likeness (QED) is 0.760. The van der Waals surface area contributed by atoms with Crippen LogP contribution in [-0.2, 0) is 6.54 Å². The SMILES string of the molecule is Cc1ccc(C)n1CC(C)N1CCCCC1. The van der Waals surface area contributed by atoms with Gasteiger partial charge in [0, 0.05) is 24.0 Å². The standard InChI is InChI=1S/C14H24N2/c1-12-7-8-13(2)16(12)11-14(3)15-9-5-4-6-10-15/h7-8,14H,4-6,9-11H2,1-3H3. The lowest BCUT2D eigenvalue weighted by atomic mass is 10.1. The van der Waals surface area contributed by atoms with Gasteiger partial charge in [-0.1, -0.05) is 6.42 Å². The first-order valence-corrected chi connectivity index (χ1v) is 6.55. The number of hydrogen-bond acceptors (Lipinski definition) is 1. The molecule has 0 bridgehead atoms. The van der Waals surface area contributed by atoms with Crippen LogP contribution in [0.25, 0.3) is 0 Å². The van der Waals surface area contributed by atoms with Gasteiger partial charge >= 0.3 is 0 Å². The molecule has 1 aromatic rings. The van der Waals surface area contributed by atoms with Gasteiger partial charge < -0.3 is 4.57 Å². The van der Waals surface area contributed by atoms with Gasteiger partial charge in [0.25, 0.3) is 0 Å². The summed E-state index contributed by atoms with van der Waals surface area (Å²) in [4.78, 5) is 2.64. The van der Waals surface area contributed by atoms with Crippen LogP contribution in [0.3, 0.4) is 0 Å². The first kappa shape index (κ1) is 11.7. The van der Waals surface area contributed by atoms with Crippen LogP contribution < -0.4 is 0 Å². The van der Waals surface area contributed by atoms with E-state index in [2.05, 4.69) is 42.4 Å². The van der Waals surface area contributed by atoms with E-state index < -0.39 is 0 Å². The number of aromatic nitrogens is 1. The van der Waals surface area contributed by atoms with Crippen molar-refractivity contribution >= 4 is 0 Å². The second-order valence-electron chi connectivity index (χ2n) is 5.17. The van der Waals surface area contributed by atoms with Crippen molar-refractivity contribution in [2.45, 2.75) is 52.6 Å². The first-order chi connectivity index (χ1) is 7.68. The Morgan fingerprint density at radius 1 is 1.06 bits per heavy atom. The largest absolute Gasteiger partial charge is 0.348 e. The summed E-state index contributed by atoms with van der Waals surface area (Å²) < 4.78 is 2.44. The van der Waals surface area contributed by atoms with Crippen molar-refractivity contribution in [3.8, 4) is 0 Å². The number of piperidine rings is 1. The van der Waals surface area contributed by atoms with E-state index in [1.54, 1.807) is 0 Å². The highest BCUT2D eigenvalue weighted by atomic mass is 15.2.